The highest BCUT2D eigenvalue weighted by Gasteiger charge is 2.34. The summed E-state index contributed by atoms with van der Waals surface area (Å²) in [7, 11) is 0. The number of benzene rings is 1. The lowest BCUT2D eigenvalue weighted by molar-refractivity contribution is -0.141. The molecule has 3 amide bonds. The fraction of sp³-hybridized carbons (Fsp3) is 0.500. The van der Waals surface area contributed by atoms with Gasteiger partial charge in [0, 0.05) is 38.2 Å². The Bertz CT molecular complexity index is 974. The maximum atomic E-state index is 14.9. The molecule has 2 heterocycles. The molecule has 0 spiro atoms. The van der Waals surface area contributed by atoms with Crippen LogP contribution in [0.25, 0.3) is 0 Å². The minimum absolute atomic E-state index is 0.0452. The normalized spacial score (nSPS) is 18.5. The molecule has 0 aliphatic carbocycles. The lowest BCUT2D eigenvalue weighted by atomic mass is 10.2. The van der Waals surface area contributed by atoms with E-state index >= 15 is 0 Å². The molecule has 2 saturated heterocycles. The van der Waals surface area contributed by atoms with Gasteiger partial charge in [0.2, 0.25) is 5.91 Å². The quantitative estimate of drug-likeness (QED) is 0.440. The summed E-state index contributed by atoms with van der Waals surface area (Å²) in [5.41, 5.74) is 2.27. The fourth-order valence-corrected chi connectivity index (χ4v) is 3.66. The summed E-state index contributed by atoms with van der Waals surface area (Å²) in [6.45, 7) is -0.226. The molecule has 0 saturated carbocycles. The molecule has 2 aliphatic heterocycles. The van der Waals surface area contributed by atoms with Crippen molar-refractivity contribution < 1.29 is 46.6 Å². The monoisotopic (exact) mass is 505 g/mol. The highest BCUT2D eigenvalue weighted by molar-refractivity contribution is 5.90. The third kappa shape index (κ3) is 6.49. The number of nitrogens with zero attached hydrogens (tertiary/aromatic N) is 3. The van der Waals surface area contributed by atoms with Gasteiger partial charge in [-0.05, 0) is 0 Å². The summed E-state index contributed by atoms with van der Waals surface area (Å²) < 4.78 is 59.4. The van der Waals surface area contributed by atoms with Crippen molar-refractivity contribution in [2.75, 3.05) is 49.1 Å². The lowest BCUT2D eigenvalue weighted by Crippen LogP contribution is -2.43. The topological polar surface area (TPSA) is 132 Å². The van der Waals surface area contributed by atoms with Crippen LogP contribution in [-0.4, -0.2) is 85.8 Å². The number of ether oxygens (including phenoxy) is 1. The van der Waals surface area contributed by atoms with E-state index in [2.05, 4.69) is 5.43 Å². The molecule has 2 fully saturated rings. The zero-order valence-electron chi connectivity index (χ0n) is 18.3. The number of amides is 3. The van der Waals surface area contributed by atoms with E-state index in [4.69, 9.17) is 9.84 Å². The number of carboxylic acids is 1. The molecule has 3 N–H and O–H groups in total. The smallest absolute Gasteiger partial charge is 0.414 e. The largest absolute Gasteiger partial charge is 0.481 e. The number of aliphatic carboxylic acids is 1. The lowest BCUT2D eigenvalue weighted by Gasteiger charge is -2.25. The highest BCUT2D eigenvalue weighted by Crippen LogP contribution is 2.31. The van der Waals surface area contributed by atoms with Crippen molar-refractivity contribution in [2.24, 2.45) is 0 Å². The van der Waals surface area contributed by atoms with Gasteiger partial charge in [-0.15, -0.1) is 0 Å². The van der Waals surface area contributed by atoms with Crippen LogP contribution < -0.4 is 20.5 Å². The van der Waals surface area contributed by atoms with Crippen molar-refractivity contribution in [1.29, 1.82) is 0 Å². The first kappa shape index (κ1) is 26.0. The van der Waals surface area contributed by atoms with Crippen LogP contribution in [0, 0.1) is 11.6 Å². The summed E-state index contributed by atoms with van der Waals surface area (Å²) in [6.07, 6.45) is -5.75. The second kappa shape index (κ2) is 11.2. The number of rotatable bonds is 8. The second-order valence-electron chi connectivity index (χ2n) is 7.75. The number of hydrogen-bond acceptors (Lipinski definition) is 7. The molecule has 11 nitrogen and oxygen atoms in total. The minimum Gasteiger partial charge on any atom is -0.481 e. The van der Waals surface area contributed by atoms with Gasteiger partial charge in [-0.3, -0.25) is 24.3 Å². The molecular formula is C20H23F4N5O6. The van der Waals surface area contributed by atoms with Gasteiger partial charge in [-0.25, -0.2) is 19.0 Å². The number of hydrazine groups is 1. The summed E-state index contributed by atoms with van der Waals surface area (Å²) in [5.74, 6) is -5.07. The molecule has 15 heteroatoms. The number of halogens is 4. The maximum absolute atomic E-state index is 14.9. The summed E-state index contributed by atoms with van der Waals surface area (Å²) >= 11 is 0. The van der Waals surface area contributed by atoms with Crippen LogP contribution >= 0.6 is 0 Å². The van der Waals surface area contributed by atoms with Crippen molar-refractivity contribution in [3.8, 4) is 0 Å². The Balaban J connectivity index is 1.65. The Morgan fingerprint density at radius 2 is 1.83 bits per heavy atom. The molecule has 0 bridgehead atoms. The Kier molecular flexibility index (Phi) is 8.32. The average Bonchev–Trinajstić information content (AvgIpc) is 2.99. The van der Waals surface area contributed by atoms with Gasteiger partial charge >= 0.3 is 18.5 Å². The Morgan fingerprint density at radius 1 is 1.14 bits per heavy atom. The van der Waals surface area contributed by atoms with E-state index in [1.807, 2.05) is 5.32 Å². The Labute approximate surface area is 196 Å². The van der Waals surface area contributed by atoms with E-state index in [-0.39, 0.29) is 56.9 Å². The first-order chi connectivity index (χ1) is 16.6. The molecule has 1 aromatic rings. The second-order valence-corrected chi connectivity index (χ2v) is 7.75. The number of carbonyl (C=O) groups excluding carboxylic acids is 3. The predicted octanol–water partition coefficient (Wildman–Crippen LogP) is 0.689. The summed E-state index contributed by atoms with van der Waals surface area (Å²) in [6, 6.07) is 1.85. The molecule has 35 heavy (non-hydrogen) atoms. The van der Waals surface area contributed by atoms with Crippen molar-refractivity contribution in [3.05, 3.63) is 23.8 Å². The van der Waals surface area contributed by atoms with Gasteiger partial charge in [0.25, 0.3) is 5.91 Å². The van der Waals surface area contributed by atoms with Crippen molar-refractivity contribution in [3.63, 3.8) is 0 Å². The van der Waals surface area contributed by atoms with Crippen LogP contribution in [0.5, 0.6) is 0 Å². The highest BCUT2D eigenvalue weighted by atomic mass is 19.3. The Hall–Kier alpha value is -3.62. The number of nitrogens with one attached hydrogen (secondary N) is 2. The van der Waals surface area contributed by atoms with Crippen LogP contribution in [0.1, 0.15) is 12.8 Å². The van der Waals surface area contributed by atoms with E-state index in [0.717, 1.165) is 17.0 Å². The van der Waals surface area contributed by atoms with Gasteiger partial charge in [0.05, 0.1) is 31.7 Å². The minimum atomic E-state index is -3.23. The standard InChI is InChI=1S/C20H23F4N5O6/c21-13-7-11(28-10-12(35-20(28)34)9-25-19(33)18(23)24)8-14(22)17(13)27-4-3-26-29(6-5-27)15(30)1-2-16(31)32/h7-8,12,18,26H,1-6,9-10H2,(H,25,33)(H,31,32). The van der Waals surface area contributed by atoms with E-state index in [9.17, 15) is 36.7 Å². The van der Waals surface area contributed by atoms with E-state index < -0.39 is 54.6 Å². The first-order valence-corrected chi connectivity index (χ1v) is 10.6. The van der Waals surface area contributed by atoms with E-state index in [0.29, 0.717) is 0 Å². The third-order valence-corrected chi connectivity index (χ3v) is 5.34. The van der Waals surface area contributed by atoms with Crippen LogP contribution in [0.15, 0.2) is 12.1 Å². The molecule has 1 aromatic carbocycles. The zero-order valence-corrected chi connectivity index (χ0v) is 18.3. The fourth-order valence-electron chi connectivity index (χ4n) is 3.66. The number of alkyl halides is 2. The third-order valence-electron chi connectivity index (χ3n) is 5.34. The zero-order chi connectivity index (χ0) is 25.7. The van der Waals surface area contributed by atoms with Gasteiger partial charge in [-0.2, -0.15) is 8.78 Å². The molecule has 0 aromatic heterocycles. The number of carbonyl (C=O) groups is 4. The van der Waals surface area contributed by atoms with E-state index in [1.54, 1.807) is 0 Å². The number of cyclic esters (lactones) is 1. The van der Waals surface area contributed by atoms with Crippen LogP contribution in [0.3, 0.4) is 0 Å². The molecule has 192 valence electrons. The van der Waals surface area contributed by atoms with Crippen molar-refractivity contribution >= 4 is 35.3 Å². The first-order valence-electron chi connectivity index (χ1n) is 10.6. The van der Waals surface area contributed by atoms with Crippen LogP contribution in [0.2, 0.25) is 0 Å². The van der Waals surface area contributed by atoms with Gasteiger partial charge in [-0.1, -0.05) is 0 Å². The molecule has 1 unspecified atom stereocenters. The molecule has 2 aliphatic rings. The predicted molar refractivity (Wildman–Crippen MR) is 112 cm³/mol. The van der Waals surface area contributed by atoms with Crippen LogP contribution in [-0.2, 0) is 19.1 Å². The van der Waals surface area contributed by atoms with Crippen molar-refractivity contribution in [1.82, 2.24) is 15.8 Å². The molecular weight excluding hydrogens is 482 g/mol. The number of carboxylic acid groups (broad SMARTS) is 1. The number of anilines is 2. The van der Waals surface area contributed by atoms with E-state index in [1.165, 1.54) is 9.91 Å². The van der Waals surface area contributed by atoms with Gasteiger partial charge in [0.1, 0.15) is 11.8 Å². The Morgan fingerprint density at radius 3 is 2.46 bits per heavy atom. The number of hydrogen-bond donors (Lipinski definition) is 3. The van der Waals surface area contributed by atoms with Crippen LogP contribution in [0.4, 0.5) is 33.7 Å². The van der Waals surface area contributed by atoms with Crippen molar-refractivity contribution in [2.45, 2.75) is 25.4 Å². The average molecular weight is 505 g/mol. The summed E-state index contributed by atoms with van der Waals surface area (Å²) in [4.78, 5) is 48.2. The van der Waals surface area contributed by atoms with Gasteiger partial charge < -0.3 is 20.1 Å². The summed E-state index contributed by atoms with van der Waals surface area (Å²) in [5, 5.41) is 11.8. The molecule has 0 radical (unpaired) electrons. The molecule has 1 atom stereocenters. The maximum Gasteiger partial charge on any atom is 0.414 e. The van der Waals surface area contributed by atoms with Gasteiger partial charge in [0.15, 0.2) is 11.6 Å². The molecule has 3 rings (SSSR count). The SMILES string of the molecule is O=C(O)CCC(=O)N1CCN(c2c(F)cc(N3CC(CNC(=O)C(F)F)OC3=O)cc2F)CCN1.